The minimum absolute atomic E-state index is 0.397. The van der Waals surface area contributed by atoms with Crippen LogP contribution in [0.25, 0.3) is 10.9 Å². The van der Waals surface area contributed by atoms with E-state index in [1.54, 1.807) is 38.6 Å². The highest BCUT2D eigenvalue weighted by atomic mass is 19.1. The van der Waals surface area contributed by atoms with Crippen molar-refractivity contribution in [2.75, 3.05) is 30.2 Å². The smallest absolute Gasteiger partial charge is 0.233 e. The monoisotopic (exact) mass is 475 g/mol. The summed E-state index contributed by atoms with van der Waals surface area (Å²) in [4.78, 5) is 32.9. The van der Waals surface area contributed by atoms with Crippen LogP contribution in [0.4, 0.5) is 27.3 Å². The predicted octanol–water partition coefficient (Wildman–Crippen LogP) is 4.50. The first-order valence-electron chi connectivity index (χ1n) is 10.5. The minimum atomic E-state index is -0.517. The van der Waals surface area contributed by atoms with Crippen LogP contribution in [-0.4, -0.2) is 36.0 Å². The first-order chi connectivity index (χ1) is 16.9. The van der Waals surface area contributed by atoms with Crippen molar-refractivity contribution in [2.24, 2.45) is 0 Å². The summed E-state index contributed by atoms with van der Waals surface area (Å²) in [5.41, 5.74) is 2.32. The van der Waals surface area contributed by atoms with Gasteiger partial charge in [0.2, 0.25) is 11.8 Å². The quantitative estimate of drug-likeness (QED) is 0.322. The van der Waals surface area contributed by atoms with Crippen LogP contribution in [-0.2, 0) is 9.59 Å². The second kappa shape index (κ2) is 10.5. The van der Waals surface area contributed by atoms with Crippen LogP contribution < -0.4 is 25.4 Å². The number of hydrogen-bond acceptors (Lipinski definition) is 7. The molecule has 0 aliphatic carbocycles. The van der Waals surface area contributed by atoms with E-state index in [1.165, 1.54) is 30.5 Å². The maximum absolute atomic E-state index is 13.0. The van der Waals surface area contributed by atoms with Crippen molar-refractivity contribution in [3.05, 3.63) is 72.8 Å². The fraction of sp³-hybridized carbons (Fsp3) is 0.120. The molecule has 0 saturated carbocycles. The third-order valence-corrected chi connectivity index (χ3v) is 5.01. The molecular weight excluding hydrogens is 453 g/mol. The van der Waals surface area contributed by atoms with Gasteiger partial charge in [0.15, 0.2) is 11.5 Å². The predicted molar refractivity (Wildman–Crippen MR) is 131 cm³/mol. The molecule has 2 heterocycles. The van der Waals surface area contributed by atoms with E-state index in [1.807, 2.05) is 12.1 Å². The van der Waals surface area contributed by atoms with E-state index in [2.05, 4.69) is 25.9 Å². The molecule has 35 heavy (non-hydrogen) atoms. The molecule has 0 atom stereocenters. The van der Waals surface area contributed by atoms with Gasteiger partial charge in [0.05, 0.1) is 37.3 Å². The van der Waals surface area contributed by atoms with Gasteiger partial charge in [0.1, 0.15) is 18.1 Å². The van der Waals surface area contributed by atoms with E-state index >= 15 is 0 Å². The molecule has 3 N–H and O–H groups in total. The lowest BCUT2D eigenvalue weighted by atomic mass is 10.1. The van der Waals surface area contributed by atoms with Crippen LogP contribution in [0.3, 0.4) is 0 Å². The summed E-state index contributed by atoms with van der Waals surface area (Å²) in [5, 5.41) is 9.21. The van der Waals surface area contributed by atoms with Crippen LogP contribution in [0.5, 0.6) is 11.5 Å². The second-order valence-electron chi connectivity index (χ2n) is 7.42. The highest BCUT2D eigenvalue weighted by Gasteiger charge is 2.12. The van der Waals surface area contributed by atoms with Crippen molar-refractivity contribution in [1.29, 1.82) is 0 Å². The Morgan fingerprint density at radius 1 is 0.857 bits per heavy atom. The molecule has 0 aliphatic heterocycles. The first-order valence-corrected chi connectivity index (χ1v) is 10.5. The molecule has 4 rings (SSSR count). The molecule has 0 spiro atoms. The fourth-order valence-corrected chi connectivity index (χ4v) is 3.35. The zero-order valence-corrected chi connectivity index (χ0v) is 19.0. The van der Waals surface area contributed by atoms with Gasteiger partial charge in [-0.1, -0.05) is 0 Å². The van der Waals surface area contributed by atoms with Crippen molar-refractivity contribution in [3.63, 3.8) is 0 Å². The van der Waals surface area contributed by atoms with Crippen LogP contribution in [0.2, 0.25) is 0 Å². The highest BCUT2D eigenvalue weighted by Crippen LogP contribution is 2.35. The lowest BCUT2D eigenvalue weighted by Gasteiger charge is -2.13. The molecule has 4 aromatic rings. The standard InChI is InChI=1S/C25H22FN5O4/c1-34-21-11-18-19(9-10-27-20(18)12-22(21)35-2)31-23-8-7-17(14-28-23)30-25(33)13-24(32)29-16-5-3-15(26)4-6-16/h3-12,14H,13H2,1-2H3,(H,29,32)(H,30,33)(H,27,28,31). The maximum Gasteiger partial charge on any atom is 0.233 e. The average molecular weight is 475 g/mol. The lowest BCUT2D eigenvalue weighted by molar-refractivity contribution is -0.123. The summed E-state index contributed by atoms with van der Waals surface area (Å²) in [7, 11) is 3.13. The van der Waals surface area contributed by atoms with Crippen molar-refractivity contribution in [2.45, 2.75) is 6.42 Å². The summed E-state index contributed by atoms with van der Waals surface area (Å²) in [6.45, 7) is 0. The molecule has 0 aliphatic rings. The summed E-state index contributed by atoms with van der Waals surface area (Å²) in [6, 6.07) is 14.1. The number of hydrogen-bond donors (Lipinski definition) is 3. The second-order valence-corrected chi connectivity index (χ2v) is 7.42. The average Bonchev–Trinajstić information content (AvgIpc) is 2.85. The number of anilines is 4. The van der Waals surface area contributed by atoms with E-state index in [0.717, 1.165) is 16.6 Å². The van der Waals surface area contributed by atoms with Crippen molar-refractivity contribution in [3.8, 4) is 11.5 Å². The van der Waals surface area contributed by atoms with Crippen LogP contribution in [0, 0.1) is 5.82 Å². The molecule has 9 nitrogen and oxygen atoms in total. The SMILES string of the molecule is COc1cc2nccc(Nc3ccc(NC(=O)CC(=O)Nc4ccc(F)cc4)cn3)c2cc1OC. The Labute approximate surface area is 200 Å². The Hall–Kier alpha value is -4.73. The first kappa shape index (κ1) is 23.4. The number of benzene rings is 2. The van der Waals surface area contributed by atoms with Crippen LogP contribution in [0.15, 0.2) is 67.0 Å². The van der Waals surface area contributed by atoms with E-state index in [9.17, 15) is 14.0 Å². The number of nitrogens with one attached hydrogen (secondary N) is 3. The molecule has 0 bridgehead atoms. The van der Waals surface area contributed by atoms with Gasteiger partial charge in [-0.2, -0.15) is 0 Å². The topological polar surface area (TPSA) is 114 Å². The van der Waals surface area contributed by atoms with Crippen molar-refractivity contribution < 1.29 is 23.5 Å². The minimum Gasteiger partial charge on any atom is -0.493 e. The Bertz CT molecular complexity index is 1360. The molecule has 178 valence electrons. The number of amides is 2. The molecular formula is C25H22FN5O4. The molecule has 2 aromatic carbocycles. The number of ether oxygens (including phenoxy) is 2. The Morgan fingerprint density at radius 2 is 1.51 bits per heavy atom. The molecule has 2 amide bonds. The maximum atomic E-state index is 13.0. The normalized spacial score (nSPS) is 10.5. The summed E-state index contributed by atoms with van der Waals surface area (Å²) >= 11 is 0. The van der Waals surface area contributed by atoms with Gasteiger partial charge >= 0.3 is 0 Å². The van der Waals surface area contributed by atoms with Crippen molar-refractivity contribution >= 4 is 45.6 Å². The number of methoxy groups -OCH3 is 2. The van der Waals surface area contributed by atoms with E-state index < -0.39 is 24.1 Å². The Kier molecular flexibility index (Phi) is 7.01. The van der Waals surface area contributed by atoms with Gasteiger partial charge in [-0.15, -0.1) is 0 Å². The molecule has 0 unspecified atom stereocenters. The third kappa shape index (κ3) is 5.80. The van der Waals surface area contributed by atoms with Gasteiger partial charge in [0, 0.05) is 23.3 Å². The van der Waals surface area contributed by atoms with E-state index in [-0.39, 0.29) is 0 Å². The zero-order chi connectivity index (χ0) is 24.8. The van der Waals surface area contributed by atoms with E-state index in [4.69, 9.17) is 9.47 Å². The van der Waals surface area contributed by atoms with Crippen molar-refractivity contribution in [1.82, 2.24) is 9.97 Å². The Morgan fingerprint density at radius 3 is 2.17 bits per heavy atom. The molecule has 10 heteroatoms. The van der Waals surface area contributed by atoms with E-state index in [0.29, 0.717) is 28.7 Å². The number of rotatable bonds is 8. The third-order valence-electron chi connectivity index (χ3n) is 5.01. The molecule has 0 saturated heterocycles. The van der Waals surface area contributed by atoms with Gasteiger partial charge < -0.3 is 25.4 Å². The number of fused-ring (bicyclic) bond motifs is 1. The number of carbonyl (C=O) groups excluding carboxylic acids is 2. The number of pyridine rings is 2. The largest absolute Gasteiger partial charge is 0.493 e. The zero-order valence-electron chi connectivity index (χ0n) is 19.0. The lowest BCUT2D eigenvalue weighted by Crippen LogP contribution is -2.21. The molecule has 0 fully saturated rings. The number of carbonyl (C=O) groups is 2. The van der Waals surface area contributed by atoms with Gasteiger partial charge in [-0.3, -0.25) is 14.6 Å². The highest BCUT2D eigenvalue weighted by molar-refractivity contribution is 6.08. The van der Waals surface area contributed by atoms with Crippen LogP contribution in [0.1, 0.15) is 6.42 Å². The fourth-order valence-electron chi connectivity index (χ4n) is 3.35. The number of nitrogens with zero attached hydrogens (tertiary/aromatic N) is 2. The Balaban J connectivity index is 1.39. The number of halogens is 1. The molecule has 2 aromatic heterocycles. The van der Waals surface area contributed by atoms with Gasteiger partial charge in [0.25, 0.3) is 0 Å². The summed E-state index contributed by atoms with van der Waals surface area (Å²) in [6.07, 6.45) is 2.75. The van der Waals surface area contributed by atoms with Crippen LogP contribution >= 0.6 is 0 Å². The van der Waals surface area contributed by atoms with Gasteiger partial charge in [-0.25, -0.2) is 9.37 Å². The van der Waals surface area contributed by atoms with Gasteiger partial charge in [-0.05, 0) is 48.5 Å². The summed E-state index contributed by atoms with van der Waals surface area (Å²) in [5.74, 6) is 0.257. The number of aromatic nitrogens is 2. The summed E-state index contributed by atoms with van der Waals surface area (Å²) < 4.78 is 23.7. The molecule has 0 radical (unpaired) electrons.